The molecular weight excluding hydrogens is 258 g/mol. The Morgan fingerprint density at radius 2 is 2.11 bits per heavy atom. The van der Waals surface area contributed by atoms with Crippen LogP contribution in [0.5, 0.6) is 0 Å². The van der Waals surface area contributed by atoms with Crippen molar-refractivity contribution in [2.24, 2.45) is 5.92 Å². The highest BCUT2D eigenvalue weighted by Gasteiger charge is 2.20. The van der Waals surface area contributed by atoms with E-state index in [0.717, 1.165) is 18.7 Å². The smallest absolute Gasteiger partial charge is 0.195 e. The molecule has 1 heterocycles. The first-order valence-electron chi connectivity index (χ1n) is 6.89. The van der Waals surface area contributed by atoms with Gasteiger partial charge in [-0.2, -0.15) is 5.10 Å². The number of aromatic amines is 1. The van der Waals surface area contributed by atoms with E-state index < -0.39 is 0 Å². The third-order valence-corrected chi connectivity index (χ3v) is 3.49. The molecule has 0 saturated carbocycles. The van der Waals surface area contributed by atoms with Gasteiger partial charge in [0, 0.05) is 12.5 Å². The van der Waals surface area contributed by atoms with Crippen LogP contribution >= 0.6 is 12.2 Å². The number of nitrogens with one attached hydrogen (secondary N) is 1. The maximum absolute atomic E-state index is 9.68. The van der Waals surface area contributed by atoms with Gasteiger partial charge in [0.1, 0.15) is 5.82 Å². The largest absolute Gasteiger partial charge is 0.393 e. The normalized spacial score (nSPS) is 14.6. The zero-order valence-corrected chi connectivity index (χ0v) is 12.9. The fourth-order valence-corrected chi connectivity index (χ4v) is 2.46. The van der Waals surface area contributed by atoms with Gasteiger partial charge in [-0.3, -0.25) is 5.10 Å². The van der Waals surface area contributed by atoms with Crippen LogP contribution in [0.25, 0.3) is 0 Å². The third kappa shape index (κ3) is 4.91. The molecule has 0 aliphatic carbocycles. The minimum absolute atomic E-state index is 0.232. The van der Waals surface area contributed by atoms with Crippen molar-refractivity contribution in [3.63, 3.8) is 0 Å². The molecule has 0 aliphatic rings. The van der Waals surface area contributed by atoms with Gasteiger partial charge in [-0.15, -0.1) is 6.58 Å². The number of hydrogen-bond donors (Lipinski definition) is 2. The summed E-state index contributed by atoms with van der Waals surface area (Å²) < 4.78 is 2.59. The molecule has 0 amide bonds. The fraction of sp³-hybridized carbons (Fsp3) is 0.714. The molecule has 0 saturated heterocycles. The Morgan fingerprint density at radius 3 is 2.63 bits per heavy atom. The molecule has 2 N–H and O–H groups in total. The van der Waals surface area contributed by atoms with Gasteiger partial charge in [0.05, 0.1) is 6.10 Å². The van der Waals surface area contributed by atoms with Crippen molar-refractivity contribution in [3.8, 4) is 0 Å². The number of aliphatic hydroxyl groups excluding tert-OH is 1. The molecule has 5 heteroatoms. The van der Waals surface area contributed by atoms with Gasteiger partial charge in [0.25, 0.3) is 0 Å². The van der Waals surface area contributed by atoms with Gasteiger partial charge >= 0.3 is 0 Å². The van der Waals surface area contributed by atoms with E-state index in [2.05, 4.69) is 30.6 Å². The molecule has 1 rings (SSSR count). The van der Waals surface area contributed by atoms with E-state index in [9.17, 15) is 5.11 Å². The second kappa shape index (κ2) is 7.60. The third-order valence-electron chi connectivity index (χ3n) is 3.18. The van der Waals surface area contributed by atoms with E-state index in [1.807, 2.05) is 17.6 Å². The van der Waals surface area contributed by atoms with Crippen molar-refractivity contribution in [3.05, 3.63) is 23.3 Å². The van der Waals surface area contributed by atoms with E-state index >= 15 is 0 Å². The van der Waals surface area contributed by atoms with Crippen LogP contribution in [0.3, 0.4) is 0 Å². The summed E-state index contributed by atoms with van der Waals surface area (Å²) in [5.41, 5.74) is 0. The number of allylic oxidation sites excluding steroid dienone is 1. The number of aliphatic hydroxyl groups is 1. The van der Waals surface area contributed by atoms with Crippen LogP contribution in [-0.4, -0.2) is 26.0 Å². The monoisotopic (exact) mass is 283 g/mol. The molecular formula is C14H25N3OS. The Bertz CT molecular complexity index is 448. The zero-order chi connectivity index (χ0) is 14.4. The van der Waals surface area contributed by atoms with E-state index in [1.165, 1.54) is 0 Å². The van der Waals surface area contributed by atoms with E-state index in [1.54, 1.807) is 0 Å². The van der Waals surface area contributed by atoms with Gasteiger partial charge < -0.3 is 9.67 Å². The van der Waals surface area contributed by atoms with Crippen LogP contribution < -0.4 is 0 Å². The van der Waals surface area contributed by atoms with Crippen molar-refractivity contribution in [1.82, 2.24) is 14.8 Å². The Kier molecular flexibility index (Phi) is 6.45. The molecule has 2 atom stereocenters. The second-order valence-electron chi connectivity index (χ2n) is 5.54. The van der Waals surface area contributed by atoms with Crippen molar-refractivity contribution in [1.29, 1.82) is 0 Å². The number of hydrogen-bond acceptors (Lipinski definition) is 3. The number of H-pyrrole nitrogens is 1. The Labute approximate surface area is 120 Å². The number of nitrogens with zero attached hydrogens (tertiary/aromatic N) is 2. The second-order valence-corrected chi connectivity index (χ2v) is 5.93. The standard InChI is InChI=1S/C14H25N3OS/c1-5-8-17-13(15-16-14(17)19)12(9-11(4)18)7-6-10(2)3/h5,10-12,18H,1,6-9H2,2-4H3,(H,16,19). The fourth-order valence-electron chi connectivity index (χ4n) is 2.25. The average Bonchev–Trinajstić information content (AvgIpc) is 2.67. The van der Waals surface area contributed by atoms with Crippen LogP contribution in [0.15, 0.2) is 12.7 Å². The minimum Gasteiger partial charge on any atom is -0.393 e. The van der Waals surface area contributed by atoms with Crippen LogP contribution in [-0.2, 0) is 6.54 Å². The lowest BCUT2D eigenvalue weighted by atomic mass is 9.92. The molecule has 2 unspecified atom stereocenters. The summed E-state index contributed by atoms with van der Waals surface area (Å²) in [5, 5.41) is 16.9. The molecule has 19 heavy (non-hydrogen) atoms. The lowest BCUT2D eigenvalue weighted by Crippen LogP contribution is -2.15. The van der Waals surface area contributed by atoms with E-state index in [-0.39, 0.29) is 12.0 Å². The highest BCUT2D eigenvalue weighted by atomic mass is 32.1. The Hall–Kier alpha value is -0.940. The first kappa shape index (κ1) is 16.1. The molecule has 0 aromatic carbocycles. The van der Waals surface area contributed by atoms with Crippen LogP contribution in [0.1, 0.15) is 51.8 Å². The molecule has 0 bridgehead atoms. The molecule has 108 valence electrons. The van der Waals surface area contributed by atoms with E-state index in [0.29, 0.717) is 23.7 Å². The molecule has 0 radical (unpaired) electrons. The van der Waals surface area contributed by atoms with Crippen molar-refractivity contribution in [2.45, 2.75) is 58.6 Å². The summed E-state index contributed by atoms with van der Waals surface area (Å²) in [6.45, 7) is 10.6. The lowest BCUT2D eigenvalue weighted by molar-refractivity contribution is 0.169. The van der Waals surface area contributed by atoms with Gasteiger partial charge in [-0.25, -0.2) is 0 Å². The van der Waals surface area contributed by atoms with Crippen LogP contribution in [0.2, 0.25) is 0 Å². The summed E-state index contributed by atoms with van der Waals surface area (Å²) >= 11 is 5.24. The van der Waals surface area contributed by atoms with Crippen LogP contribution in [0.4, 0.5) is 0 Å². The highest BCUT2D eigenvalue weighted by Crippen LogP contribution is 2.27. The quantitative estimate of drug-likeness (QED) is 0.568. The first-order valence-corrected chi connectivity index (χ1v) is 7.30. The van der Waals surface area contributed by atoms with Crippen molar-refractivity contribution < 1.29 is 5.11 Å². The summed E-state index contributed by atoms with van der Waals surface area (Å²) in [6, 6.07) is 0. The Balaban J connectivity index is 2.95. The maximum atomic E-state index is 9.68. The average molecular weight is 283 g/mol. The Morgan fingerprint density at radius 1 is 1.42 bits per heavy atom. The molecule has 1 aromatic rings. The lowest BCUT2D eigenvalue weighted by Gasteiger charge is -2.19. The van der Waals surface area contributed by atoms with Gasteiger partial charge in [-0.05, 0) is 37.9 Å². The van der Waals surface area contributed by atoms with Crippen LogP contribution in [0, 0.1) is 10.7 Å². The summed E-state index contributed by atoms with van der Waals surface area (Å²) in [5.74, 6) is 1.81. The van der Waals surface area contributed by atoms with Gasteiger partial charge in [0.2, 0.25) is 0 Å². The number of rotatable bonds is 8. The predicted molar refractivity (Wildman–Crippen MR) is 80.7 cm³/mol. The molecule has 0 fully saturated rings. The highest BCUT2D eigenvalue weighted by molar-refractivity contribution is 7.71. The molecule has 4 nitrogen and oxygen atoms in total. The topological polar surface area (TPSA) is 53.8 Å². The number of aromatic nitrogens is 3. The first-order chi connectivity index (χ1) is 8.95. The SMILES string of the molecule is C=CCn1c(C(CCC(C)C)CC(C)O)n[nH]c1=S. The minimum atomic E-state index is -0.334. The predicted octanol–water partition coefficient (Wildman–Crippen LogP) is 3.42. The van der Waals surface area contributed by atoms with Crippen molar-refractivity contribution >= 4 is 12.2 Å². The molecule has 0 spiro atoms. The van der Waals surface area contributed by atoms with Gasteiger partial charge in [0.15, 0.2) is 4.77 Å². The summed E-state index contributed by atoms with van der Waals surface area (Å²) in [7, 11) is 0. The van der Waals surface area contributed by atoms with Crippen molar-refractivity contribution in [2.75, 3.05) is 0 Å². The van der Waals surface area contributed by atoms with Gasteiger partial charge in [-0.1, -0.05) is 26.3 Å². The summed E-state index contributed by atoms with van der Waals surface area (Å²) in [4.78, 5) is 0. The zero-order valence-electron chi connectivity index (χ0n) is 12.1. The van der Waals surface area contributed by atoms with E-state index in [4.69, 9.17) is 12.2 Å². The molecule has 0 aliphatic heterocycles. The molecule has 1 aromatic heterocycles. The summed E-state index contributed by atoms with van der Waals surface area (Å²) in [6.07, 6.45) is 4.32. The maximum Gasteiger partial charge on any atom is 0.195 e.